The molecule has 0 amide bonds. The molecule has 1 atom stereocenters. The maximum atomic E-state index is 8.34. The fourth-order valence-electron chi connectivity index (χ4n) is 1.48. The zero-order chi connectivity index (χ0) is 11.5. The Labute approximate surface area is 92.9 Å². The number of rotatable bonds is 9. The van der Waals surface area contributed by atoms with Gasteiger partial charge in [0.1, 0.15) is 5.84 Å². The summed E-state index contributed by atoms with van der Waals surface area (Å²) in [4.78, 5) is 0. The summed E-state index contributed by atoms with van der Waals surface area (Å²) >= 11 is 0. The van der Waals surface area contributed by atoms with E-state index in [0.717, 1.165) is 6.54 Å². The highest BCUT2D eigenvalue weighted by molar-refractivity contribution is 5.79. The maximum absolute atomic E-state index is 8.34. The minimum atomic E-state index is 0.292. The molecule has 4 nitrogen and oxygen atoms in total. The number of hydrogen-bond acceptors (Lipinski definition) is 3. The first kappa shape index (κ1) is 14.2. The van der Waals surface area contributed by atoms with E-state index in [0.29, 0.717) is 18.3 Å². The van der Waals surface area contributed by atoms with Gasteiger partial charge in [-0.3, -0.25) is 0 Å². The molecule has 15 heavy (non-hydrogen) atoms. The Kier molecular flexibility index (Phi) is 9.27. The summed E-state index contributed by atoms with van der Waals surface area (Å²) in [5.74, 6) is 0.292. The topological polar surface area (TPSA) is 70.6 Å². The molecule has 1 unspecified atom stereocenters. The molecule has 0 aromatic carbocycles. The third kappa shape index (κ3) is 9.53. The monoisotopic (exact) mass is 215 g/mol. The molecule has 0 fully saturated rings. The van der Waals surface area contributed by atoms with Crippen molar-refractivity contribution in [3.05, 3.63) is 0 Å². The minimum Gasteiger partial charge on any atom is -0.409 e. The molecular weight excluding hydrogens is 190 g/mol. The van der Waals surface area contributed by atoms with Crippen molar-refractivity contribution in [2.45, 2.75) is 58.4 Å². The molecule has 0 aliphatic heterocycles. The Morgan fingerprint density at radius 2 is 2.13 bits per heavy atom. The second kappa shape index (κ2) is 9.77. The van der Waals surface area contributed by atoms with Crippen LogP contribution in [0.2, 0.25) is 0 Å². The first-order valence-corrected chi connectivity index (χ1v) is 5.90. The van der Waals surface area contributed by atoms with Gasteiger partial charge < -0.3 is 16.3 Å². The first-order chi connectivity index (χ1) is 7.20. The van der Waals surface area contributed by atoms with Crippen LogP contribution in [0.5, 0.6) is 0 Å². The molecule has 4 N–H and O–H groups in total. The van der Waals surface area contributed by atoms with Crippen LogP contribution in [0.3, 0.4) is 0 Å². The predicted octanol–water partition coefficient (Wildman–Crippen LogP) is 2.07. The van der Waals surface area contributed by atoms with Crippen molar-refractivity contribution in [2.24, 2.45) is 10.9 Å². The molecule has 0 rings (SSSR count). The van der Waals surface area contributed by atoms with Crippen molar-refractivity contribution in [1.82, 2.24) is 5.32 Å². The third-order valence-electron chi connectivity index (χ3n) is 2.49. The predicted molar refractivity (Wildman–Crippen MR) is 64.2 cm³/mol. The smallest absolute Gasteiger partial charge is 0.140 e. The Bertz CT molecular complexity index is 171. The average Bonchev–Trinajstić information content (AvgIpc) is 2.24. The molecule has 0 aromatic heterocycles. The highest BCUT2D eigenvalue weighted by Gasteiger charge is 2.01. The highest BCUT2D eigenvalue weighted by atomic mass is 16.4. The van der Waals surface area contributed by atoms with Gasteiger partial charge in [-0.15, -0.1) is 0 Å². The van der Waals surface area contributed by atoms with E-state index in [1.54, 1.807) is 0 Å². The quantitative estimate of drug-likeness (QED) is 0.181. The lowest BCUT2D eigenvalue weighted by Gasteiger charge is -2.12. The molecule has 0 aliphatic rings. The molecular formula is C11H25N3O. The van der Waals surface area contributed by atoms with Crippen molar-refractivity contribution in [2.75, 3.05) is 6.54 Å². The van der Waals surface area contributed by atoms with Crippen molar-refractivity contribution in [1.29, 1.82) is 0 Å². The number of oxime groups is 1. The molecule has 90 valence electrons. The van der Waals surface area contributed by atoms with Gasteiger partial charge in [-0.1, -0.05) is 37.8 Å². The number of nitrogens with zero attached hydrogens (tertiary/aromatic N) is 1. The van der Waals surface area contributed by atoms with E-state index in [4.69, 9.17) is 10.9 Å². The van der Waals surface area contributed by atoms with Crippen molar-refractivity contribution in [3.63, 3.8) is 0 Å². The summed E-state index contributed by atoms with van der Waals surface area (Å²) in [6.07, 6.45) is 7.03. The molecule has 0 spiro atoms. The number of hydrogen-bond donors (Lipinski definition) is 3. The van der Waals surface area contributed by atoms with Gasteiger partial charge in [0.25, 0.3) is 0 Å². The Morgan fingerprint density at radius 1 is 1.40 bits per heavy atom. The number of nitrogens with two attached hydrogens (primary N) is 1. The Balaban J connectivity index is 3.29. The second-order valence-electron chi connectivity index (χ2n) is 4.05. The van der Waals surface area contributed by atoms with Crippen LogP contribution in [0, 0.1) is 0 Å². The summed E-state index contributed by atoms with van der Waals surface area (Å²) in [5.41, 5.74) is 5.36. The van der Waals surface area contributed by atoms with Gasteiger partial charge in [-0.25, -0.2) is 0 Å². The summed E-state index contributed by atoms with van der Waals surface area (Å²) < 4.78 is 0. The summed E-state index contributed by atoms with van der Waals surface area (Å²) in [5, 5.41) is 14.6. The van der Waals surface area contributed by atoms with E-state index in [-0.39, 0.29) is 0 Å². The Hall–Kier alpha value is -0.770. The van der Waals surface area contributed by atoms with Gasteiger partial charge in [0.05, 0.1) is 0 Å². The highest BCUT2D eigenvalue weighted by Crippen LogP contribution is 2.04. The van der Waals surface area contributed by atoms with E-state index in [9.17, 15) is 0 Å². The van der Waals surface area contributed by atoms with Crippen LogP contribution in [0.25, 0.3) is 0 Å². The Morgan fingerprint density at radius 3 is 2.73 bits per heavy atom. The lowest BCUT2D eigenvalue weighted by Crippen LogP contribution is -2.29. The largest absolute Gasteiger partial charge is 0.409 e. The molecule has 0 aromatic rings. The zero-order valence-corrected chi connectivity index (χ0v) is 10.00. The van der Waals surface area contributed by atoms with Crippen LogP contribution < -0.4 is 11.1 Å². The first-order valence-electron chi connectivity index (χ1n) is 5.90. The number of unbranched alkanes of at least 4 members (excludes halogenated alkanes) is 3. The lowest BCUT2D eigenvalue weighted by molar-refractivity contribution is 0.316. The van der Waals surface area contributed by atoms with Crippen LogP contribution in [0.1, 0.15) is 52.4 Å². The molecule has 0 saturated heterocycles. The van der Waals surface area contributed by atoms with Gasteiger partial charge in [-0.05, 0) is 13.3 Å². The molecule has 0 heterocycles. The van der Waals surface area contributed by atoms with Crippen molar-refractivity contribution in [3.8, 4) is 0 Å². The lowest BCUT2D eigenvalue weighted by atomic mass is 10.1. The van der Waals surface area contributed by atoms with Crippen LogP contribution in [0.15, 0.2) is 5.16 Å². The van der Waals surface area contributed by atoms with Gasteiger partial charge in [0.2, 0.25) is 0 Å². The number of nitrogens with one attached hydrogen (secondary N) is 1. The van der Waals surface area contributed by atoms with E-state index in [1.165, 1.54) is 32.1 Å². The SMILES string of the molecule is CCCCCCC(C)NCCC(N)=NO. The molecule has 0 radical (unpaired) electrons. The second-order valence-corrected chi connectivity index (χ2v) is 4.05. The van der Waals surface area contributed by atoms with Crippen LogP contribution in [-0.2, 0) is 0 Å². The van der Waals surface area contributed by atoms with Crippen molar-refractivity contribution < 1.29 is 5.21 Å². The van der Waals surface area contributed by atoms with Crippen molar-refractivity contribution >= 4 is 5.84 Å². The summed E-state index contributed by atoms with van der Waals surface area (Å²) in [7, 11) is 0. The maximum Gasteiger partial charge on any atom is 0.140 e. The van der Waals surface area contributed by atoms with Crippen LogP contribution in [0.4, 0.5) is 0 Å². The van der Waals surface area contributed by atoms with E-state index < -0.39 is 0 Å². The zero-order valence-electron chi connectivity index (χ0n) is 10.00. The molecule has 0 bridgehead atoms. The van der Waals surface area contributed by atoms with E-state index >= 15 is 0 Å². The fourth-order valence-corrected chi connectivity index (χ4v) is 1.48. The summed E-state index contributed by atoms with van der Waals surface area (Å²) in [6, 6.07) is 0.522. The van der Waals surface area contributed by atoms with E-state index in [2.05, 4.69) is 24.3 Å². The van der Waals surface area contributed by atoms with Gasteiger partial charge in [0.15, 0.2) is 0 Å². The van der Waals surface area contributed by atoms with Gasteiger partial charge in [0, 0.05) is 19.0 Å². The number of amidine groups is 1. The summed E-state index contributed by atoms with van der Waals surface area (Å²) in [6.45, 7) is 5.18. The van der Waals surface area contributed by atoms with Crippen LogP contribution in [-0.4, -0.2) is 23.6 Å². The molecule has 4 heteroatoms. The molecule has 0 saturated carbocycles. The average molecular weight is 215 g/mol. The third-order valence-corrected chi connectivity index (χ3v) is 2.49. The minimum absolute atomic E-state index is 0.292. The fraction of sp³-hybridized carbons (Fsp3) is 0.909. The van der Waals surface area contributed by atoms with Gasteiger partial charge >= 0.3 is 0 Å². The molecule has 0 aliphatic carbocycles. The normalized spacial score (nSPS) is 14.1. The van der Waals surface area contributed by atoms with Gasteiger partial charge in [-0.2, -0.15) is 0 Å². The van der Waals surface area contributed by atoms with Crippen LogP contribution >= 0.6 is 0 Å². The standard InChI is InChI=1S/C11H25N3O/c1-3-4-5-6-7-10(2)13-9-8-11(12)14-15/h10,13,15H,3-9H2,1-2H3,(H2,12,14). The van der Waals surface area contributed by atoms with E-state index in [1.807, 2.05) is 0 Å².